The first kappa shape index (κ1) is 17.4. The van der Waals surface area contributed by atoms with E-state index in [0.29, 0.717) is 5.82 Å². The fraction of sp³-hybridized carbons (Fsp3) is 0.143. The van der Waals surface area contributed by atoms with E-state index in [-0.39, 0.29) is 0 Å². The Kier molecular flexibility index (Phi) is 4.73. The van der Waals surface area contributed by atoms with E-state index < -0.39 is 0 Å². The lowest BCUT2D eigenvalue weighted by atomic mass is 10.2. The molecular weight excluding hydrogens is 354 g/mol. The van der Waals surface area contributed by atoms with Gasteiger partial charge in [0.2, 0.25) is 0 Å². The number of hydrogen-bond donors (Lipinski definition) is 0. The van der Waals surface area contributed by atoms with Crippen molar-refractivity contribution in [2.75, 3.05) is 0 Å². The van der Waals surface area contributed by atoms with Crippen molar-refractivity contribution in [1.29, 1.82) is 0 Å². The molecule has 1 aromatic carbocycles. The molecular formula is C21H19N5S. The average Bonchev–Trinajstić information content (AvgIpc) is 3.07. The van der Waals surface area contributed by atoms with Crippen LogP contribution in [0.4, 0.5) is 0 Å². The molecule has 0 aliphatic carbocycles. The van der Waals surface area contributed by atoms with Gasteiger partial charge in [-0.05, 0) is 43.3 Å². The third-order valence-electron chi connectivity index (χ3n) is 4.44. The van der Waals surface area contributed by atoms with Gasteiger partial charge in [0.1, 0.15) is 10.7 Å². The molecule has 5 nitrogen and oxygen atoms in total. The van der Waals surface area contributed by atoms with Crippen molar-refractivity contribution in [3.63, 3.8) is 0 Å². The summed E-state index contributed by atoms with van der Waals surface area (Å²) < 4.78 is 2.09. The molecule has 0 aliphatic heterocycles. The first-order chi connectivity index (χ1) is 13.1. The number of rotatable bonds is 4. The SMILES string of the molecule is Cc1nc(-c2ccccn2)nc(Sc2ncc(-c3ccccc3)n2C)c1C. The highest BCUT2D eigenvalue weighted by Gasteiger charge is 2.15. The van der Waals surface area contributed by atoms with E-state index >= 15 is 0 Å². The van der Waals surface area contributed by atoms with E-state index in [1.807, 2.05) is 63.5 Å². The van der Waals surface area contributed by atoms with Crippen LogP contribution in [0, 0.1) is 13.8 Å². The largest absolute Gasteiger partial charge is 0.322 e. The molecule has 0 N–H and O–H groups in total. The molecule has 27 heavy (non-hydrogen) atoms. The Balaban J connectivity index is 1.71. The summed E-state index contributed by atoms with van der Waals surface area (Å²) in [5, 5.41) is 1.79. The summed E-state index contributed by atoms with van der Waals surface area (Å²) in [6.07, 6.45) is 3.66. The topological polar surface area (TPSA) is 56.5 Å². The molecule has 0 bridgehead atoms. The number of aryl methyl sites for hydroxylation is 1. The third kappa shape index (κ3) is 3.48. The number of aromatic nitrogens is 5. The molecule has 0 atom stereocenters. The third-order valence-corrected chi connectivity index (χ3v) is 5.59. The summed E-state index contributed by atoms with van der Waals surface area (Å²) in [5.74, 6) is 0.638. The fourth-order valence-electron chi connectivity index (χ4n) is 2.76. The maximum absolute atomic E-state index is 4.76. The van der Waals surface area contributed by atoms with Crippen LogP contribution >= 0.6 is 11.8 Å². The Morgan fingerprint density at radius 3 is 2.41 bits per heavy atom. The number of nitrogens with zero attached hydrogens (tertiary/aromatic N) is 5. The molecule has 0 saturated carbocycles. The van der Waals surface area contributed by atoms with Crippen molar-refractivity contribution < 1.29 is 0 Å². The van der Waals surface area contributed by atoms with Crippen LogP contribution in [0.5, 0.6) is 0 Å². The molecule has 0 unspecified atom stereocenters. The van der Waals surface area contributed by atoms with E-state index in [1.54, 1.807) is 18.0 Å². The highest BCUT2D eigenvalue weighted by atomic mass is 32.2. The Hall–Kier alpha value is -2.99. The zero-order chi connectivity index (χ0) is 18.8. The normalized spacial score (nSPS) is 10.9. The Bertz CT molecular complexity index is 1070. The summed E-state index contributed by atoms with van der Waals surface area (Å²) >= 11 is 1.55. The van der Waals surface area contributed by atoms with Crippen molar-refractivity contribution in [3.05, 3.63) is 72.2 Å². The molecule has 0 fully saturated rings. The molecule has 6 heteroatoms. The first-order valence-corrected chi connectivity index (χ1v) is 9.47. The lowest BCUT2D eigenvalue weighted by Gasteiger charge is -2.10. The molecule has 3 aromatic heterocycles. The molecule has 0 amide bonds. The fourth-order valence-corrected chi connectivity index (χ4v) is 3.71. The second-order valence-corrected chi connectivity index (χ2v) is 7.19. The van der Waals surface area contributed by atoms with Crippen LogP contribution in [-0.4, -0.2) is 24.5 Å². The molecule has 0 saturated heterocycles. The van der Waals surface area contributed by atoms with Crippen molar-refractivity contribution in [2.24, 2.45) is 7.05 Å². The minimum Gasteiger partial charge on any atom is -0.322 e. The standard InChI is InChI=1S/C21H19N5S/c1-14-15(2)24-19(17-11-7-8-12-22-17)25-20(14)27-21-23-13-18(26(21)3)16-9-5-4-6-10-16/h4-13H,1-3H3. The smallest absolute Gasteiger partial charge is 0.179 e. The van der Waals surface area contributed by atoms with Crippen molar-refractivity contribution >= 4 is 11.8 Å². The van der Waals surface area contributed by atoms with Gasteiger partial charge in [0.15, 0.2) is 11.0 Å². The number of imidazole rings is 1. The van der Waals surface area contributed by atoms with Gasteiger partial charge in [-0.3, -0.25) is 4.98 Å². The second-order valence-electron chi connectivity index (χ2n) is 6.23. The summed E-state index contributed by atoms with van der Waals surface area (Å²) in [7, 11) is 2.03. The van der Waals surface area contributed by atoms with Gasteiger partial charge in [-0.15, -0.1) is 0 Å². The van der Waals surface area contributed by atoms with Crippen molar-refractivity contribution in [3.8, 4) is 22.8 Å². The molecule has 0 spiro atoms. The van der Waals surface area contributed by atoms with Gasteiger partial charge in [-0.25, -0.2) is 15.0 Å². The highest BCUT2D eigenvalue weighted by Crippen LogP contribution is 2.32. The first-order valence-electron chi connectivity index (χ1n) is 8.65. The molecule has 134 valence electrons. The molecule has 4 rings (SSSR count). The monoisotopic (exact) mass is 373 g/mol. The molecule has 0 aliphatic rings. The lowest BCUT2D eigenvalue weighted by Crippen LogP contribution is -2.01. The predicted octanol–water partition coefficient (Wildman–Crippen LogP) is 4.71. The van der Waals surface area contributed by atoms with E-state index in [9.17, 15) is 0 Å². The van der Waals surface area contributed by atoms with Crippen LogP contribution in [0.1, 0.15) is 11.3 Å². The van der Waals surface area contributed by atoms with Gasteiger partial charge in [-0.2, -0.15) is 0 Å². The number of pyridine rings is 1. The van der Waals surface area contributed by atoms with Crippen LogP contribution in [0.15, 0.2) is 71.1 Å². The Morgan fingerprint density at radius 2 is 1.67 bits per heavy atom. The summed E-state index contributed by atoms with van der Waals surface area (Å²) in [6, 6.07) is 16.0. The lowest BCUT2D eigenvalue weighted by molar-refractivity contribution is 0.793. The van der Waals surface area contributed by atoms with Gasteiger partial charge in [-0.1, -0.05) is 36.4 Å². The summed E-state index contributed by atoms with van der Waals surface area (Å²) in [5.41, 5.74) is 5.00. The van der Waals surface area contributed by atoms with E-state index in [2.05, 4.69) is 31.7 Å². The second kappa shape index (κ2) is 7.32. The molecule has 4 aromatic rings. The van der Waals surface area contributed by atoms with Crippen molar-refractivity contribution in [2.45, 2.75) is 24.0 Å². The zero-order valence-electron chi connectivity index (χ0n) is 15.4. The highest BCUT2D eigenvalue weighted by molar-refractivity contribution is 7.99. The van der Waals surface area contributed by atoms with E-state index in [1.165, 1.54) is 0 Å². The maximum atomic E-state index is 4.76. The number of hydrogen-bond acceptors (Lipinski definition) is 5. The Labute approximate surface area is 162 Å². The molecule has 3 heterocycles. The predicted molar refractivity (Wildman–Crippen MR) is 108 cm³/mol. The van der Waals surface area contributed by atoms with Crippen LogP contribution in [0.25, 0.3) is 22.8 Å². The van der Waals surface area contributed by atoms with Crippen LogP contribution in [0.3, 0.4) is 0 Å². The summed E-state index contributed by atoms with van der Waals surface area (Å²) in [6.45, 7) is 4.04. The maximum Gasteiger partial charge on any atom is 0.179 e. The van der Waals surface area contributed by atoms with Crippen LogP contribution in [-0.2, 0) is 7.05 Å². The minimum atomic E-state index is 0.638. The number of benzene rings is 1. The van der Waals surface area contributed by atoms with Gasteiger partial charge in [0, 0.05) is 24.5 Å². The average molecular weight is 373 g/mol. The van der Waals surface area contributed by atoms with Crippen molar-refractivity contribution in [1.82, 2.24) is 24.5 Å². The Morgan fingerprint density at radius 1 is 0.889 bits per heavy atom. The minimum absolute atomic E-state index is 0.638. The molecule has 0 radical (unpaired) electrons. The quantitative estimate of drug-likeness (QED) is 0.485. The zero-order valence-corrected chi connectivity index (χ0v) is 16.2. The van der Waals surface area contributed by atoms with Gasteiger partial charge in [0.05, 0.1) is 11.9 Å². The van der Waals surface area contributed by atoms with Gasteiger partial charge in [0.25, 0.3) is 0 Å². The van der Waals surface area contributed by atoms with Crippen LogP contribution < -0.4 is 0 Å². The van der Waals surface area contributed by atoms with Gasteiger partial charge < -0.3 is 4.57 Å². The van der Waals surface area contributed by atoms with E-state index in [4.69, 9.17) is 4.98 Å². The summed E-state index contributed by atoms with van der Waals surface area (Å²) in [4.78, 5) is 18.3. The van der Waals surface area contributed by atoms with Gasteiger partial charge >= 0.3 is 0 Å². The van der Waals surface area contributed by atoms with Crippen LogP contribution in [0.2, 0.25) is 0 Å². The van der Waals surface area contributed by atoms with E-state index in [0.717, 1.165) is 38.4 Å².